The Morgan fingerprint density at radius 3 is 2.48 bits per heavy atom. The van der Waals surface area contributed by atoms with Crippen LogP contribution in [0.5, 0.6) is 0 Å². The number of halogens is 1. The number of anilines is 1. The number of amides is 1. The van der Waals surface area contributed by atoms with Gasteiger partial charge in [0.25, 0.3) is 5.56 Å². The van der Waals surface area contributed by atoms with Crippen molar-refractivity contribution in [3.8, 4) is 11.1 Å². The van der Waals surface area contributed by atoms with Gasteiger partial charge in [-0.3, -0.25) is 14.2 Å². The minimum Gasteiger partial charge on any atom is -0.324 e. The molecule has 0 aliphatic heterocycles. The largest absolute Gasteiger partial charge is 0.324 e. The molecule has 1 amide bonds. The van der Waals surface area contributed by atoms with Crippen molar-refractivity contribution in [3.63, 3.8) is 0 Å². The van der Waals surface area contributed by atoms with Crippen LogP contribution in [0.1, 0.15) is 31.2 Å². The van der Waals surface area contributed by atoms with Crippen LogP contribution in [0, 0.1) is 0 Å². The minimum absolute atomic E-state index is 0.186. The monoisotopic (exact) mass is 495 g/mol. The number of thiophene rings is 1. The molecule has 0 saturated carbocycles. The smallest absolute Gasteiger partial charge is 0.263 e. The lowest BCUT2D eigenvalue weighted by Crippen LogP contribution is -2.33. The first-order valence-corrected chi connectivity index (χ1v) is 11.8. The van der Waals surface area contributed by atoms with Crippen molar-refractivity contribution in [2.75, 3.05) is 5.32 Å². The highest BCUT2D eigenvalue weighted by Crippen LogP contribution is 2.37. The Bertz CT molecular complexity index is 1280. The topological polar surface area (TPSA) is 64.0 Å². The van der Waals surface area contributed by atoms with Crippen molar-refractivity contribution in [1.29, 1.82) is 0 Å². The number of para-hydroxylation sites is 1. The first-order valence-electron chi connectivity index (χ1n) is 10.2. The Kier molecular flexibility index (Phi) is 6.34. The molecule has 0 bridgehead atoms. The van der Waals surface area contributed by atoms with Gasteiger partial charge in [0, 0.05) is 20.6 Å². The molecule has 1 atom stereocenters. The van der Waals surface area contributed by atoms with Gasteiger partial charge >= 0.3 is 0 Å². The van der Waals surface area contributed by atoms with E-state index < -0.39 is 6.04 Å². The van der Waals surface area contributed by atoms with Crippen molar-refractivity contribution in [3.05, 3.63) is 80.6 Å². The Labute approximate surface area is 192 Å². The quantitative estimate of drug-likeness (QED) is 0.354. The highest BCUT2D eigenvalue weighted by atomic mass is 79.9. The number of benzene rings is 2. The van der Waals surface area contributed by atoms with Gasteiger partial charge in [0.15, 0.2) is 0 Å². The molecule has 0 aliphatic rings. The van der Waals surface area contributed by atoms with E-state index in [1.54, 1.807) is 0 Å². The van der Waals surface area contributed by atoms with Gasteiger partial charge in [-0.1, -0.05) is 60.1 Å². The van der Waals surface area contributed by atoms with Gasteiger partial charge in [0.05, 0.1) is 11.7 Å². The van der Waals surface area contributed by atoms with Crippen molar-refractivity contribution in [2.45, 2.75) is 32.7 Å². The second-order valence-electron chi connectivity index (χ2n) is 7.18. The van der Waals surface area contributed by atoms with Gasteiger partial charge in [-0.15, -0.1) is 11.3 Å². The van der Waals surface area contributed by atoms with E-state index in [9.17, 15) is 9.59 Å². The summed E-state index contributed by atoms with van der Waals surface area (Å²) in [5.74, 6) is -0.229. The minimum atomic E-state index is -0.646. The number of fused-ring (bicyclic) bond motifs is 1. The van der Waals surface area contributed by atoms with E-state index in [-0.39, 0.29) is 11.5 Å². The molecule has 2 aromatic carbocycles. The van der Waals surface area contributed by atoms with Crippen molar-refractivity contribution in [1.82, 2.24) is 9.55 Å². The Balaban J connectivity index is 1.83. The van der Waals surface area contributed by atoms with Gasteiger partial charge in [-0.2, -0.15) is 0 Å². The van der Waals surface area contributed by atoms with Crippen LogP contribution in [0.4, 0.5) is 5.69 Å². The fourth-order valence-electron chi connectivity index (χ4n) is 3.70. The molecule has 5 nitrogen and oxygen atoms in total. The fraction of sp³-hybridized carbons (Fsp3) is 0.208. The summed E-state index contributed by atoms with van der Waals surface area (Å²) >= 11 is 5.01. The lowest BCUT2D eigenvalue weighted by Gasteiger charge is -2.18. The number of carbonyl (C=O) groups excluding carboxylic acids is 1. The molecule has 0 radical (unpaired) electrons. The molecule has 1 N–H and O–H groups in total. The highest BCUT2D eigenvalue weighted by Gasteiger charge is 2.24. The Morgan fingerprint density at radius 2 is 1.84 bits per heavy atom. The lowest BCUT2D eigenvalue weighted by atomic mass is 10.0. The third kappa shape index (κ3) is 4.20. The maximum Gasteiger partial charge on any atom is 0.263 e. The standard InChI is InChI=1S/C24H22BrN3O2S/c1-3-18(22(29)27-17-8-6-5-7-9-17)28-14-26-23-21(24(28)30)20(19(4-2)31-23)15-10-12-16(25)13-11-15/h5-14,18H,3-4H2,1-2H3,(H,27,29). The summed E-state index contributed by atoms with van der Waals surface area (Å²) < 4.78 is 2.45. The maximum atomic E-state index is 13.6. The third-order valence-corrected chi connectivity index (χ3v) is 7.00. The van der Waals surface area contributed by atoms with E-state index >= 15 is 0 Å². The van der Waals surface area contributed by atoms with Crippen molar-refractivity contribution >= 4 is 49.1 Å². The molecular weight excluding hydrogens is 474 g/mol. The van der Waals surface area contributed by atoms with Crippen molar-refractivity contribution < 1.29 is 4.79 Å². The van der Waals surface area contributed by atoms with E-state index in [1.807, 2.05) is 61.5 Å². The summed E-state index contributed by atoms with van der Waals surface area (Å²) in [6.45, 7) is 3.97. The SMILES string of the molecule is CCc1sc2ncn(C(CC)C(=O)Nc3ccccc3)c(=O)c2c1-c1ccc(Br)cc1. The van der Waals surface area contributed by atoms with Gasteiger partial charge in [0.2, 0.25) is 5.91 Å². The second-order valence-corrected chi connectivity index (χ2v) is 9.18. The maximum absolute atomic E-state index is 13.6. The van der Waals surface area contributed by atoms with Crippen LogP contribution in [0.25, 0.3) is 21.3 Å². The summed E-state index contributed by atoms with van der Waals surface area (Å²) in [5, 5.41) is 3.49. The molecule has 158 valence electrons. The first kappa shape index (κ1) is 21.5. The molecule has 0 aliphatic carbocycles. The number of aryl methyl sites for hydroxylation is 1. The van der Waals surface area contributed by atoms with Crippen LogP contribution in [0.2, 0.25) is 0 Å². The molecule has 2 heterocycles. The summed E-state index contributed by atoms with van der Waals surface area (Å²) in [7, 11) is 0. The normalized spacial score (nSPS) is 12.1. The van der Waals surface area contributed by atoms with E-state index in [0.717, 1.165) is 26.9 Å². The number of nitrogens with zero attached hydrogens (tertiary/aromatic N) is 2. The number of carbonyl (C=O) groups is 1. The summed E-state index contributed by atoms with van der Waals surface area (Å²) in [5.41, 5.74) is 2.41. The molecule has 0 saturated heterocycles. The second kappa shape index (κ2) is 9.16. The molecule has 31 heavy (non-hydrogen) atoms. The summed E-state index contributed by atoms with van der Waals surface area (Å²) in [4.78, 5) is 33.0. The van der Waals surface area contributed by atoms with Crippen LogP contribution < -0.4 is 10.9 Å². The molecule has 4 aromatic rings. The Morgan fingerprint density at radius 1 is 1.13 bits per heavy atom. The highest BCUT2D eigenvalue weighted by molar-refractivity contribution is 9.10. The van der Waals surface area contributed by atoms with E-state index in [4.69, 9.17) is 0 Å². The Hall–Kier alpha value is -2.77. The van der Waals surface area contributed by atoms with Gasteiger partial charge < -0.3 is 5.32 Å². The zero-order valence-corrected chi connectivity index (χ0v) is 19.7. The molecule has 4 rings (SSSR count). The first-order chi connectivity index (χ1) is 15.0. The van der Waals surface area contributed by atoms with Crippen molar-refractivity contribution in [2.24, 2.45) is 0 Å². The van der Waals surface area contributed by atoms with Crippen LogP contribution in [0.15, 0.2) is 70.2 Å². The van der Waals surface area contributed by atoms with E-state index in [0.29, 0.717) is 22.3 Å². The third-order valence-electron chi connectivity index (χ3n) is 5.23. The van der Waals surface area contributed by atoms with E-state index in [1.165, 1.54) is 22.2 Å². The van der Waals surface area contributed by atoms with Crippen LogP contribution >= 0.6 is 27.3 Å². The van der Waals surface area contributed by atoms with Crippen LogP contribution in [0.3, 0.4) is 0 Å². The molecule has 2 aromatic heterocycles. The van der Waals surface area contributed by atoms with Crippen LogP contribution in [-0.2, 0) is 11.2 Å². The van der Waals surface area contributed by atoms with Gasteiger partial charge in [-0.05, 0) is 42.7 Å². The fourth-order valence-corrected chi connectivity index (χ4v) is 5.05. The predicted octanol–water partition coefficient (Wildman–Crippen LogP) is 6.04. The predicted molar refractivity (Wildman–Crippen MR) is 131 cm³/mol. The van der Waals surface area contributed by atoms with E-state index in [2.05, 4.69) is 33.2 Å². The molecule has 0 spiro atoms. The zero-order valence-electron chi connectivity index (χ0n) is 17.3. The number of hydrogen-bond donors (Lipinski definition) is 1. The molecule has 0 fully saturated rings. The number of rotatable bonds is 6. The molecule has 7 heteroatoms. The van der Waals surface area contributed by atoms with Crippen LogP contribution in [-0.4, -0.2) is 15.5 Å². The summed E-state index contributed by atoms with van der Waals surface area (Å²) in [6, 6.07) is 16.6. The van der Waals surface area contributed by atoms with Gasteiger partial charge in [-0.25, -0.2) is 4.98 Å². The van der Waals surface area contributed by atoms with Gasteiger partial charge in [0.1, 0.15) is 10.9 Å². The number of aromatic nitrogens is 2. The zero-order chi connectivity index (χ0) is 22.0. The number of nitrogens with one attached hydrogen (secondary N) is 1. The average molecular weight is 496 g/mol. The number of hydrogen-bond acceptors (Lipinski definition) is 4. The lowest BCUT2D eigenvalue weighted by molar-refractivity contribution is -0.119. The average Bonchev–Trinajstić information content (AvgIpc) is 3.16. The molecule has 1 unspecified atom stereocenters. The summed E-state index contributed by atoms with van der Waals surface area (Å²) in [6.07, 6.45) is 2.78. The molecular formula is C24H22BrN3O2S.